The van der Waals surface area contributed by atoms with Gasteiger partial charge in [-0.15, -0.1) is 0 Å². The van der Waals surface area contributed by atoms with Crippen LogP contribution < -0.4 is 10.1 Å². The largest absolute Gasteiger partial charge is 0.437 e. The van der Waals surface area contributed by atoms with E-state index in [1.54, 1.807) is 13.1 Å². The van der Waals surface area contributed by atoms with E-state index in [0.29, 0.717) is 41.5 Å². The summed E-state index contributed by atoms with van der Waals surface area (Å²) in [6.45, 7) is 4.84. The Morgan fingerprint density at radius 3 is 2.71 bits per heavy atom. The zero-order valence-electron chi connectivity index (χ0n) is 12.3. The summed E-state index contributed by atoms with van der Waals surface area (Å²) in [5.74, 6) is 2.21. The van der Waals surface area contributed by atoms with Crippen LogP contribution in [0.1, 0.15) is 18.3 Å². The average molecular weight is 308 g/mol. The van der Waals surface area contributed by atoms with Gasteiger partial charge in [-0.1, -0.05) is 17.7 Å². The van der Waals surface area contributed by atoms with Crippen molar-refractivity contribution in [2.24, 2.45) is 0 Å². The van der Waals surface area contributed by atoms with Gasteiger partial charge in [0.25, 0.3) is 0 Å². The molecule has 0 amide bonds. The zero-order chi connectivity index (χ0) is 15.2. The third kappa shape index (κ3) is 4.31. The van der Waals surface area contributed by atoms with Crippen molar-refractivity contribution in [1.29, 1.82) is 0 Å². The van der Waals surface area contributed by atoms with E-state index in [-0.39, 0.29) is 0 Å². The first-order valence-electron chi connectivity index (χ1n) is 6.70. The Balaban J connectivity index is 2.25. The number of ether oxygens (including phenoxy) is 2. The molecule has 1 heterocycles. The standard InChI is InChI=1S/C15H18ClN3O2/c1-4-20-9-14-18-13(17-3)8-15(19-14)21-12-6-5-10(2)7-11(12)16/h5-8H,4,9H2,1-3H3,(H,17,18,19). The first-order valence-corrected chi connectivity index (χ1v) is 7.07. The second-order valence-electron chi connectivity index (χ2n) is 4.43. The van der Waals surface area contributed by atoms with Crippen LogP contribution in [0.2, 0.25) is 5.02 Å². The summed E-state index contributed by atoms with van der Waals surface area (Å²) in [6, 6.07) is 7.31. The smallest absolute Gasteiger partial charge is 0.224 e. The summed E-state index contributed by atoms with van der Waals surface area (Å²) < 4.78 is 11.1. The molecule has 1 aromatic heterocycles. The molecule has 2 aromatic rings. The molecule has 0 aliphatic carbocycles. The van der Waals surface area contributed by atoms with Crippen molar-refractivity contribution in [2.45, 2.75) is 20.5 Å². The molecular formula is C15H18ClN3O2. The van der Waals surface area contributed by atoms with Gasteiger partial charge in [0.2, 0.25) is 5.88 Å². The lowest BCUT2D eigenvalue weighted by atomic mass is 10.2. The Morgan fingerprint density at radius 1 is 1.24 bits per heavy atom. The molecular weight excluding hydrogens is 290 g/mol. The number of aromatic nitrogens is 2. The van der Waals surface area contributed by atoms with Crippen LogP contribution in [0.5, 0.6) is 11.6 Å². The Hall–Kier alpha value is -1.85. The van der Waals surface area contributed by atoms with E-state index in [1.165, 1.54) is 0 Å². The number of benzene rings is 1. The van der Waals surface area contributed by atoms with Crippen molar-refractivity contribution in [3.05, 3.63) is 40.7 Å². The first kappa shape index (κ1) is 15.5. The molecule has 2 rings (SSSR count). The number of halogens is 1. The topological polar surface area (TPSA) is 56.3 Å². The van der Waals surface area contributed by atoms with Crippen molar-refractivity contribution < 1.29 is 9.47 Å². The number of hydrogen-bond acceptors (Lipinski definition) is 5. The van der Waals surface area contributed by atoms with E-state index in [1.807, 2.05) is 32.0 Å². The summed E-state index contributed by atoms with van der Waals surface area (Å²) in [6.07, 6.45) is 0. The van der Waals surface area contributed by atoms with Gasteiger partial charge in [-0.3, -0.25) is 0 Å². The summed E-state index contributed by atoms with van der Waals surface area (Å²) >= 11 is 6.17. The van der Waals surface area contributed by atoms with Crippen LogP contribution in [-0.2, 0) is 11.3 Å². The van der Waals surface area contributed by atoms with Crippen molar-refractivity contribution >= 4 is 17.4 Å². The van der Waals surface area contributed by atoms with Crippen LogP contribution in [0.25, 0.3) is 0 Å². The molecule has 112 valence electrons. The van der Waals surface area contributed by atoms with E-state index in [0.717, 1.165) is 5.56 Å². The maximum Gasteiger partial charge on any atom is 0.224 e. The van der Waals surface area contributed by atoms with Gasteiger partial charge in [-0.2, -0.15) is 4.98 Å². The summed E-state index contributed by atoms with van der Waals surface area (Å²) in [7, 11) is 1.79. The van der Waals surface area contributed by atoms with Gasteiger partial charge in [0.15, 0.2) is 5.82 Å². The van der Waals surface area contributed by atoms with Crippen LogP contribution in [0.4, 0.5) is 5.82 Å². The van der Waals surface area contributed by atoms with E-state index in [4.69, 9.17) is 21.1 Å². The van der Waals surface area contributed by atoms with Gasteiger partial charge < -0.3 is 14.8 Å². The highest BCUT2D eigenvalue weighted by molar-refractivity contribution is 6.32. The summed E-state index contributed by atoms with van der Waals surface area (Å²) in [5.41, 5.74) is 1.07. The van der Waals surface area contributed by atoms with Gasteiger partial charge in [-0.05, 0) is 31.5 Å². The zero-order valence-corrected chi connectivity index (χ0v) is 13.1. The van der Waals surface area contributed by atoms with Gasteiger partial charge >= 0.3 is 0 Å². The minimum absolute atomic E-state index is 0.337. The lowest BCUT2D eigenvalue weighted by Gasteiger charge is -2.10. The fourth-order valence-corrected chi connectivity index (χ4v) is 1.99. The number of nitrogens with one attached hydrogen (secondary N) is 1. The SMILES string of the molecule is CCOCc1nc(NC)cc(Oc2ccc(C)cc2Cl)n1. The Kier molecular flexibility index (Phi) is 5.36. The lowest BCUT2D eigenvalue weighted by molar-refractivity contribution is 0.128. The molecule has 0 saturated heterocycles. The van der Waals surface area contributed by atoms with Crippen LogP contribution in [0, 0.1) is 6.92 Å². The van der Waals surface area contributed by atoms with E-state index in [9.17, 15) is 0 Å². The molecule has 0 aliphatic heterocycles. The fraction of sp³-hybridized carbons (Fsp3) is 0.333. The molecule has 0 spiro atoms. The Labute approximate surface area is 129 Å². The van der Waals surface area contributed by atoms with E-state index >= 15 is 0 Å². The molecule has 1 aromatic carbocycles. The third-order valence-corrected chi connectivity index (χ3v) is 3.04. The molecule has 0 saturated carbocycles. The predicted molar refractivity (Wildman–Crippen MR) is 83.2 cm³/mol. The molecule has 0 atom stereocenters. The normalized spacial score (nSPS) is 10.5. The minimum atomic E-state index is 0.337. The third-order valence-electron chi connectivity index (χ3n) is 2.74. The summed E-state index contributed by atoms with van der Waals surface area (Å²) in [4.78, 5) is 8.63. The highest BCUT2D eigenvalue weighted by Crippen LogP contribution is 2.29. The molecule has 5 nitrogen and oxygen atoms in total. The van der Waals surface area contributed by atoms with Crippen molar-refractivity contribution in [2.75, 3.05) is 19.0 Å². The maximum atomic E-state index is 6.17. The van der Waals surface area contributed by atoms with Crippen molar-refractivity contribution in [3.63, 3.8) is 0 Å². The number of nitrogens with zero attached hydrogens (tertiary/aromatic N) is 2. The van der Waals surface area contributed by atoms with Gasteiger partial charge in [-0.25, -0.2) is 4.98 Å². The Bertz CT molecular complexity index is 620. The van der Waals surface area contributed by atoms with Crippen LogP contribution >= 0.6 is 11.6 Å². The molecule has 0 unspecified atom stereocenters. The molecule has 0 aliphatic rings. The van der Waals surface area contributed by atoms with Crippen LogP contribution in [0.15, 0.2) is 24.3 Å². The van der Waals surface area contributed by atoms with Crippen LogP contribution in [-0.4, -0.2) is 23.6 Å². The van der Waals surface area contributed by atoms with Crippen LogP contribution in [0.3, 0.4) is 0 Å². The van der Waals surface area contributed by atoms with Gasteiger partial charge in [0.05, 0.1) is 5.02 Å². The molecule has 21 heavy (non-hydrogen) atoms. The molecule has 0 bridgehead atoms. The predicted octanol–water partition coefficient (Wildman–Crippen LogP) is 3.81. The first-order chi connectivity index (χ1) is 10.1. The molecule has 1 N–H and O–H groups in total. The molecule has 6 heteroatoms. The quantitative estimate of drug-likeness (QED) is 0.879. The number of anilines is 1. The number of aryl methyl sites for hydroxylation is 1. The highest BCUT2D eigenvalue weighted by atomic mass is 35.5. The maximum absolute atomic E-state index is 6.17. The van der Waals surface area contributed by atoms with Gasteiger partial charge in [0.1, 0.15) is 18.2 Å². The fourth-order valence-electron chi connectivity index (χ4n) is 1.71. The van der Waals surface area contributed by atoms with E-state index in [2.05, 4.69) is 15.3 Å². The van der Waals surface area contributed by atoms with Gasteiger partial charge in [0, 0.05) is 19.7 Å². The highest BCUT2D eigenvalue weighted by Gasteiger charge is 2.08. The van der Waals surface area contributed by atoms with Crippen molar-refractivity contribution in [1.82, 2.24) is 9.97 Å². The monoisotopic (exact) mass is 307 g/mol. The average Bonchev–Trinajstić information content (AvgIpc) is 2.48. The molecule has 0 radical (unpaired) electrons. The number of rotatable bonds is 6. The molecule has 0 fully saturated rings. The second kappa shape index (κ2) is 7.24. The van der Waals surface area contributed by atoms with Crippen molar-refractivity contribution in [3.8, 4) is 11.6 Å². The Morgan fingerprint density at radius 2 is 2.05 bits per heavy atom. The second-order valence-corrected chi connectivity index (χ2v) is 4.84. The lowest BCUT2D eigenvalue weighted by Crippen LogP contribution is -2.04. The number of hydrogen-bond donors (Lipinski definition) is 1. The minimum Gasteiger partial charge on any atom is -0.437 e. The summed E-state index contributed by atoms with van der Waals surface area (Å²) in [5, 5.41) is 3.52. The van der Waals surface area contributed by atoms with E-state index < -0.39 is 0 Å².